The third-order valence-corrected chi connectivity index (χ3v) is 11.1. The summed E-state index contributed by atoms with van der Waals surface area (Å²) < 4.78 is 51.0. The molecule has 1 aromatic heterocycles. The topological polar surface area (TPSA) is 13.1 Å². The van der Waals surface area contributed by atoms with Crippen LogP contribution >= 0.6 is 11.2 Å². The largest absolute Gasteiger partial charge is 0.455 e. The highest BCUT2D eigenvalue weighted by atomic mass is 32.3. The predicted molar refractivity (Wildman–Crippen MR) is 209 cm³/mol. The fraction of sp³-hybridized carbons (Fsp3) is 0. The molecule has 0 saturated carbocycles. The van der Waals surface area contributed by atoms with Crippen molar-refractivity contribution in [3.63, 3.8) is 0 Å². The van der Waals surface area contributed by atoms with Gasteiger partial charge < -0.3 is 4.42 Å². The molecule has 0 spiro atoms. The van der Waals surface area contributed by atoms with Crippen LogP contribution in [0.2, 0.25) is 0 Å². The SMILES string of the molecule is FS(F)(F)c1c2ccccc2c(-c2cccc3c2oc2cc(-c4c5ccccc5c(-c5ccccc5)c5ccccc45)ccc23)c2ccccc12. The van der Waals surface area contributed by atoms with E-state index in [4.69, 9.17) is 4.42 Å². The Kier molecular flexibility index (Phi) is 6.58. The molecule has 1 heterocycles. The van der Waals surface area contributed by atoms with E-state index in [-0.39, 0.29) is 10.8 Å². The number of hydrogen-bond acceptors (Lipinski definition) is 1. The lowest BCUT2D eigenvalue weighted by atomic mass is 9.86. The number of rotatable bonds is 4. The second-order valence-electron chi connectivity index (χ2n) is 12.9. The fourth-order valence-corrected chi connectivity index (χ4v) is 8.99. The van der Waals surface area contributed by atoms with Gasteiger partial charge in [-0.25, -0.2) is 0 Å². The van der Waals surface area contributed by atoms with Gasteiger partial charge in [0.1, 0.15) is 11.2 Å². The van der Waals surface area contributed by atoms with Gasteiger partial charge in [-0.05, 0) is 66.7 Å². The van der Waals surface area contributed by atoms with Crippen molar-refractivity contribution in [2.24, 2.45) is 0 Å². The van der Waals surface area contributed by atoms with Crippen LogP contribution in [0.3, 0.4) is 0 Å². The minimum Gasteiger partial charge on any atom is -0.455 e. The molecule has 51 heavy (non-hydrogen) atoms. The van der Waals surface area contributed by atoms with Crippen LogP contribution in [0.1, 0.15) is 0 Å². The highest BCUT2D eigenvalue weighted by Crippen LogP contribution is 2.65. The van der Waals surface area contributed by atoms with Gasteiger partial charge in [-0.3, -0.25) is 0 Å². The molecule has 244 valence electrons. The van der Waals surface area contributed by atoms with E-state index in [9.17, 15) is 11.7 Å². The Balaban J connectivity index is 1.25. The smallest absolute Gasteiger partial charge is 0.238 e. The zero-order valence-corrected chi connectivity index (χ0v) is 27.9. The Morgan fingerprint density at radius 1 is 0.353 bits per heavy atom. The van der Waals surface area contributed by atoms with Crippen molar-refractivity contribution in [2.75, 3.05) is 0 Å². The maximum absolute atomic E-state index is 14.7. The first-order valence-electron chi connectivity index (χ1n) is 16.8. The van der Waals surface area contributed by atoms with Crippen LogP contribution in [-0.2, 0) is 0 Å². The van der Waals surface area contributed by atoms with Crippen molar-refractivity contribution in [3.05, 3.63) is 164 Å². The molecular formula is C46H27F3OS. The summed E-state index contributed by atoms with van der Waals surface area (Å²) in [6.07, 6.45) is 0. The summed E-state index contributed by atoms with van der Waals surface area (Å²) in [6, 6.07) is 53.7. The third-order valence-electron chi connectivity index (χ3n) is 10.2. The van der Waals surface area contributed by atoms with Crippen molar-refractivity contribution in [2.45, 2.75) is 4.90 Å². The molecule has 9 aromatic carbocycles. The van der Waals surface area contributed by atoms with Gasteiger partial charge in [-0.2, -0.15) is 0 Å². The summed E-state index contributed by atoms with van der Waals surface area (Å²) in [5.74, 6) is 0. The Hall–Kier alpha value is -6.04. The predicted octanol–water partition coefficient (Wildman–Crippen LogP) is 15.0. The lowest BCUT2D eigenvalue weighted by Gasteiger charge is -2.20. The number of fused-ring (bicyclic) bond motifs is 7. The molecule has 1 nitrogen and oxygen atoms in total. The quantitative estimate of drug-likeness (QED) is 0.168. The summed E-state index contributed by atoms with van der Waals surface area (Å²) in [6.45, 7) is 0. The second-order valence-corrected chi connectivity index (χ2v) is 14.1. The van der Waals surface area contributed by atoms with Crippen LogP contribution < -0.4 is 0 Å². The molecule has 5 heteroatoms. The molecule has 0 amide bonds. The van der Waals surface area contributed by atoms with Crippen molar-refractivity contribution < 1.29 is 16.1 Å². The van der Waals surface area contributed by atoms with E-state index in [1.807, 2.05) is 24.3 Å². The van der Waals surface area contributed by atoms with Crippen molar-refractivity contribution >= 4 is 76.2 Å². The van der Waals surface area contributed by atoms with E-state index in [2.05, 4.69) is 91.0 Å². The van der Waals surface area contributed by atoms with Crippen molar-refractivity contribution in [3.8, 4) is 33.4 Å². The monoisotopic (exact) mass is 684 g/mol. The molecule has 0 atom stereocenters. The molecule has 0 fully saturated rings. The summed E-state index contributed by atoms with van der Waals surface area (Å²) in [7, 11) is 0. The second kappa shape index (κ2) is 11.2. The minimum atomic E-state index is -5.52. The van der Waals surface area contributed by atoms with Crippen LogP contribution in [0.5, 0.6) is 0 Å². The molecule has 0 aliphatic heterocycles. The highest BCUT2D eigenvalue weighted by molar-refractivity contribution is 8.21. The van der Waals surface area contributed by atoms with Gasteiger partial charge in [-0.1, -0.05) is 152 Å². The van der Waals surface area contributed by atoms with Gasteiger partial charge in [0, 0.05) is 32.7 Å². The molecule has 10 aromatic rings. The molecule has 0 unspecified atom stereocenters. The Morgan fingerprint density at radius 3 is 1.33 bits per heavy atom. The zero-order valence-electron chi connectivity index (χ0n) is 27.0. The van der Waals surface area contributed by atoms with Gasteiger partial charge in [0.15, 0.2) is 0 Å². The van der Waals surface area contributed by atoms with Crippen LogP contribution in [-0.4, -0.2) is 0 Å². The van der Waals surface area contributed by atoms with E-state index in [0.29, 0.717) is 16.4 Å². The Labute approximate surface area is 293 Å². The Bertz CT molecular complexity index is 2900. The molecule has 0 radical (unpaired) electrons. The first-order valence-corrected chi connectivity index (χ1v) is 18.1. The molecule has 0 aliphatic carbocycles. The third kappa shape index (κ3) is 4.51. The Morgan fingerprint density at radius 2 is 0.804 bits per heavy atom. The fourth-order valence-electron chi connectivity index (χ4n) is 8.13. The number of furan rings is 1. The maximum Gasteiger partial charge on any atom is 0.238 e. The number of hydrogen-bond donors (Lipinski definition) is 0. The van der Waals surface area contributed by atoms with Crippen LogP contribution in [0.25, 0.3) is 98.4 Å². The summed E-state index contributed by atoms with van der Waals surface area (Å²) in [5.41, 5.74) is 7.42. The molecular weight excluding hydrogens is 658 g/mol. The lowest BCUT2D eigenvalue weighted by Crippen LogP contribution is -1.92. The van der Waals surface area contributed by atoms with E-state index in [1.54, 1.807) is 48.5 Å². The van der Waals surface area contributed by atoms with Gasteiger partial charge in [0.05, 0.1) is 4.90 Å². The molecule has 0 N–H and O–H groups in total. The zero-order chi connectivity index (χ0) is 34.3. The normalized spacial score (nSPS) is 12.5. The van der Waals surface area contributed by atoms with Gasteiger partial charge >= 0.3 is 0 Å². The minimum absolute atomic E-state index is 0.210. The lowest BCUT2D eigenvalue weighted by molar-refractivity contribution is 0.637. The summed E-state index contributed by atoms with van der Waals surface area (Å²) >= 11 is -5.52. The van der Waals surface area contributed by atoms with Crippen LogP contribution in [0.4, 0.5) is 11.7 Å². The number of halogens is 3. The van der Waals surface area contributed by atoms with E-state index in [0.717, 1.165) is 49.4 Å². The summed E-state index contributed by atoms with van der Waals surface area (Å²) in [4.78, 5) is -0.531. The van der Waals surface area contributed by atoms with E-state index < -0.39 is 16.1 Å². The van der Waals surface area contributed by atoms with Crippen molar-refractivity contribution in [1.82, 2.24) is 0 Å². The first kappa shape index (κ1) is 29.8. The average Bonchev–Trinajstić information content (AvgIpc) is 3.54. The van der Waals surface area contributed by atoms with Crippen LogP contribution in [0.15, 0.2) is 173 Å². The van der Waals surface area contributed by atoms with Gasteiger partial charge in [-0.15, -0.1) is 11.7 Å². The number of para-hydroxylation sites is 1. The standard InChI is InChI=1S/C46H27F3OS/c47-51(48,49)46-38-21-10-8-19-35(38)44(36-20-9-11-22-39(36)46)40-24-12-23-37-30-26-25-29(27-41(30)50-45(37)40)43-33-17-6-4-15-31(33)42(28-13-2-1-3-14-28)32-16-5-7-18-34(32)43/h1-27H. The maximum atomic E-state index is 14.7. The van der Waals surface area contributed by atoms with Gasteiger partial charge in [0.25, 0.3) is 0 Å². The molecule has 10 rings (SSSR count). The van der Waals surface area contributed by atoms with Crippen LogP contribution in [0, 0.1) is 0 Å². The highest BCUT2D eigenvalue weighted by Gasteiger charge is 2.31. The average molecular weight is 685 g/mol. The van der Waals surface area contributed by atoms with Crippen molar-refractivity contribution in [1.29, 1.82) is 0 Å². The van der Waals surface area contributed by atoms with E-state index in [1.165, 1.54) is 21.9 Å². The summed E-state index contributed by atoms with van der Waals surface area (Å²) in [5, 5.41) is 8.05. The molecule has 0 saturated heterocycles. The molecule has 0 aliphatic rings. The number of benzene rings is 9. The van der Waals surface area contributed by atoms with Gasteiger partial charge in [0.2, 0.25) is 11.2 Å². The van der Waals surface area contributed by atoms with E-state index >= 15 is 0 Å². The molecule has 0 bridgehead atoms. The first-order chi connectivity index (χ1) is 25.0.